The maximum atomic E-state index is 13.2. The molecule has 1 aromatic carbocycles. The van der Waals surface area contributed by atoms with Crippen LogP contribution in [-0.4, -0.2) is 25.0 Å². The van der Waals surface area contributed by atoms with Gasteiger partial charge in [0.2, 0.25) is 5.91 Å². The van der Waals surface area contributed by atoms with E-state index in [0.29, 0.717) is 0 Å². The molecule has 0 atom stereocenters. The second-order valence-corrected chi connectivity index (χ2v) is 5.88. The van der Waals surface area contributed by atoms with Gasteiger partial charge in [0.1, 0.15) is 5.82 Å². The van der Waals surface area contributed by atoms with Crippen molar-refractivity contribution in [3.63, 3.8) is 0 Å². The predicted molar refractivity (Wildman–Crippen MR) is 77.1 cm³/mol. The highest BCUT2D eigenvalue weighted by molar-refractivity contribution is 5.79. The van der Waals surface area contributed by atoms with Crippen LogP contribution in [0.2, 0.25) is 0 Å². The zero-order chi connectivity index (χ0) is 13.9. The maximum absolute atomic E-state index is 13.2. The van der Waals surface area contributed by atoms with E-state index in [9.17, 15) is 9.18 Å². The van der Waals surface area contributed by atoms with Gasteiger partial charge in [0, 0.05) is 30.7 Å². The van der Waals surface area contributed by atoms with E-state index in [1.807, 2.05) is 6.07 Å². The lowest BCUT2D eigenvalue weighted by Crippen LogP contribution is -2.47. The Kier molecular flexibility index (Phi) is 3.90. The van der Waals surface area contributed by atoms with Gasteiger partial charge in [-0.05, 0) is 43.9 Å². The Morgan fingerprint density at radius 2 is 1.95 bits per heavy atom. The topological polar surface area (TPSA) is 32.3 Å². The van der Waals surface area contributed by atoms with Gasteiger partial charge in [-0.15, -0.1) is 0 Å². The Morgan fingerprint density at radius 3 is 2.55 bits per heavy atom. The molecule has 1 aromatic rings. The normalized spacial score (nSPS) is 20.6. The van der Waals surface area contributed by atoms with Crippen LogP contribution in [0, 0.1) is 11.7 Å². The lowest BCUT2D eigenvalue weighted by atomic mass is 9.84. The Balaban J connectivity index is 1.50. The van der Waals surface area contributed by atoms with Crippen molar-refractivity contribution in [1.29, 1.82) is 0 Å². The van der Waals surface area contributed by atoms with Crippen LogP contribution in [0.25, 0.3) is 0 Å². The zero-order valence-electron chi connectivity index (χ0n) is 11.6. The number of rotatable bonds is 3. The summed E-state index contributed by atoms with van der Waals surface area (Å²) in [6.45, 7) is 1.75. The molecular formula is C16H21FN2O. The number of piperidine rings is 1. The SMILES string of the molecule is O=C(NC1CCN(c2cccc(F)c2)CC1)C1CCC1. The second-order valence-electron chi connectivity index (χ2n) is 5.88. The van der Waals surface area contributed by atoms with E-state index in [0.717, 1.165) is 44.5 Å². The average molecular weight is 276 g/mol. The number of hydrogen-bond acceptors (Lipinski definition) is 2. The number of hydrogen-bond donors (Lipinski definition) is 1. The summed E-state index contributed by atoms with van der Waals surface area (Å²) in [5, 5.41) is 3.16. The lowest BCUT2D eigenvalue weighted by molar-refractivity contribution is -0.128. The van der Waals surface area contributed by atoms with Crippen molar-refractivity contribution in [3.8, 4) is 0 Å². The van der Waals surface area contributed by atoms with Crippen molar-refractivity contribution < 1.29 is 9.18 Å². The lowest BCUT2D eigenvalue weighted by Gasteiger charge is -2.35. The summed E-state index contributed by atoms with van der Waals surface area (Å²) in [7, 11) is 0. The molecule has 4 heteroatoms. The molecule has 1 aliphatic heterocycles. The van der Waals surface area contributed by atoms with Crippen molar-refractivity contribution in [3.05, 3.63) is 30.1 Å². The predicted octanol–water partition coefficient (Wildman–Crippen LogP) is 2.71. The molecule has 0 unspecified atom stereocenters. The largest absolute Gasteiger partial charge is 0.371 e. The number of nitrogens with one attached hydrogen (secondary N) is 1. The Bertz CT molecular complexity index is 479. The van der Waals surface area contributed by atoms with Crippen LogP contribution in [0.1, 0.15) is 32.1 Å². The molecular weight excluding hydrogens is 255 g/mol. The minimum atomic E-state index is -0.192. The van der Waals surface area contributed by atoms with E-state index in [2.05, 4.69) is 10.2 Å². The highest BCUT2D eigenvalue weighted by Crippen LogP contribution is 2.27. The van der Waals surface area contributed by atoms with E-state index < -0.39 is 0 Å². The van der Waals surface area contributed by atoms with Gasteiger partial charge in [0.05, 0.1) is 0 Å². The standard InChI is InChI=1S/C16H21FN2O/c17-13-5-2-6-15(11-13)19-9-7-14(8-10-19)18-16(20)12-3-1-4-12/h2,5-6,11-12,14H,1,3-4,7-10H2,(H,18,20). The quantitative estimate of drug-likeness (QED) is 0.920. The first-order valence-electron chi connectivity index (χ1n) is 7.53. The fourth-order valence-corrected chi connectivity index (χ4v) is 2.94. The molecule has 2 aliphatic rings. The van der Waals surface area contributed by atoms with E-state index in [1.165, 1.54) is 12.5 Å². The van der Waals surface area contributed by atoms with Crippen molar-refractivity contribution in [1.82, 2.24) is 5.32 Å². The summed E-state index contributed by atoms with van der Waals surface area (Å²) in [6.07, 6.45) is 5.17. The third-order valence-electron chi connectivity index (χ3n) is 4.49. The van der Waals surface area contributed by atoms with Crippen LogP contribution in [0.4, 0.5) is 10.1 Å². The Labute approximate surface area is 119 Å². The van der Waals surface area contributed by atoms with Gasteiger partial charge < -0.3 is 10.2 Å². The number of amides is 1. The molecule has 1 amide bonds. The molecule has 108 valence electrons. The molecule has 1 saturated carbocycles. The summed E-state index contributed by atoms with van der Waals surface area (Å²) >= 11 is 0. The summed E-state index contributed by atoms with van der Waals surface area (Å²) < 4.78 is 13.2. The fraction of sp³-hybridized carbons (Fsp3) is 0.562. The molecule has 1 aliphatic carbocycles. The number of halogens is 1. The van der Waals surface area contributed by atoms with Gasteiger partial charge in [-0.2, -0.15) is 0 Å². The van der Waals surface area contributed by atoms with Crippen LogP contribution < -0.4 is 10.2 Å². The Morgan fingerprint density at radius 1 is 1.20 bits per heavy atom. The average Bonchev–Trinajstić information content (AvgIpc) is 2.37. The van der Waals surface area contributed by atoms with Crippen molar-refractivity contribution >= 4 is 11.6 Å². The molecule has 0 bridgehead atoms. The molecule has 2 fully saturated rings. The molecule has 1 N–H and O–H groups in total. The monoisotopic (exact) mass is 276 g/mol. The van der Waals surface area contributed by atoms with Crippen LogP contribution in [-0.2, 0) is 4.79 Å². The third-order valence-corrected chi connectivity index (χ3v) is 4.49. The zero-order valence-corrected chi connectivity index (χ0v) is 11.6. The number of carbonyl (C=O) groups excluding carboxylic acids is 1. The molecule has 0 radical (unpaired) electrons. The minimum Gasteiger partial charge on any atom is -0.371 e. The van der Waals surface area contributed by atoms with Gasteiger partial charge in [-0.1, -0.05) is 12.5 Å². The van der Waals surface area contributed by atoms with Crippen LogP contribution >= 0.6 is 0 Å². The number of carbonyl (C=O) groups is 1. The second kappa shape index (κ2) is 5.81. The van der Waals surface area contributed by atoms with Gasteiger partial charge in [-0.25, -0.2) is 4.39 Å². The molecule has 0 spiro atoms. The van der Waals surface area contributed by atoms with E-state index in [4.69, 9.17) is 0 Å². The number of benzene rings is 1. The van der Waals surface area contributed by atoms with E-state index >= 15 is 0 Å². The fourth-order valence-electron chi connectivity index (χ4n) is 2.94. The smallest absolute Gasteiger partial charge is 0.223 e. The minimum absolute atomic E-state index is 0.192. The highest BCUT2D eigenvalue weighted by Gasteiger charge is 2.28. The summed E-state index contributed by atoms with van der Waals surface area (Å²) in [4.78, 5) is 14.1. The Hall–Kier alpha value is -1.58. The molecule has 20 heavy (non-hydrogen) atoms. The number of nitrogens with zero attached hydrogens (tertiary/aromatic N) is 1. The van der Waals surface area contributed by atoms with Crippen molar-refractivity contribution in [2.24, 2.45) is 5.92 Å². The summed E-state index contributed by atoms with van der Waals surface area (Å²) in [5.74, 6) is 0.305. The molecule has 0 aromatic heterocycles. The van der Waals surface area contributed by atoms with E-state index in [1.54, 1.807) is 12.1 Å². The van der Waals surface area contributed by atoms with Crippen LogP contribution in [0.3, 0.4) is 0 Å². The van der Waals surface area contributed by atoms with Crippen LogP contribution in [0.5, 0.6) is 0 Å². The van der Waals surface area contributed by atoms with Gasteiger partial charge in [0.25, 0.3) is 0 Å². The van der Waals surface area contributed by atoms with Gasteiger partial charge >= 0.3 is 0 Å². The van der Waals surface area contributed by atoms with E-state index in [-0.39, 0.29) is 23.7 Å². The molecule has 3 nitrogen and oxygen atoms in total. The maximum Gasteiger partial charge on any atom is 0.223 e. The van der Waals surface area contributed by atoms with Crippen molar-refractivity contribution in [2.45, 2.75) is 38.1 Å². The van der Waals surface area contributed by atoms with Gasteiger partial charge in [0.15, 0.2) is 0 Å². The summed E-state index contributed by atoms with van der Waals surface area (Å²) in [6, 6.07) is 7.02. The summed E-state index contributed by atoms with van der Waals surface area (Å²) in [5.41, 5.74) is 0.939. The van der Waals surface area contributed by atoms with Crippen LogP contribution in [0.15, 0.2) is 24.3 Å². The molecule has 3 rings (SSSR count). The third kappa shape index (κ3) is 2.94. The first kappa shape index (κ1) is 13.4. The number of anilines is 1. The first-order chi connectivity index (χ1) is 9.72. The van der Waals surface area contributed by atoms with Gasteiger partial charge in [-0.3, -0.25) is 4.79 Å². The van der Waals surface area contributed by atoms with Crippen molar-refractivity contribution in [2.75, 3.05) is 18.0 Å². The molecule has 1 saturated heterocycles. The highest BCUT2D eigenvalue weighted by atomic mass is 19.1. The first-order valence-corrected chi connectivity index (χ1v) is 7.53. The molecule has 1 heterocycles.